The van der Waals surface area contributed by atoms with E-state index in [9.17, 15) is 27.2 Å². The highest BCUT2D eigenvalue weighted by Crippen LogP contribution is 2.29. The van der Waals surface area contributed by atoms with Crippen molar-refractivity contribution in [2.45, 2.75) is 38.3 Å². The van der Waals surface area contributed by atoms with Crippen molar-refractivity contribution in [3.8, 4) is 0 Å². The average molecular weight is 481 g/mol. The van der Waals surface area contributed by atoms with Gasteiger partial charge in [0.05, 0.1) is 35.5 Å². The quantitative estimate of drug-likeness (QED) is 0.444. The Balaban J connectivity index is 1.91. The number of benzene rings is 2. The topological polar surface area (TPSA) is 70.7 Å². The molecule has 0 spiro atoms. The van der Waals surface area contributed by atoms with Crippen LogP contribution in [0.3, 0.4) is 0 Å². The summed E-state index contributed by atoms with van der Waals surface area (Å²) in [6, 6.07) is 4.69. The molecule has 2 aromatic rings. The number of hydrogen-bond acceptors (Lipinski definition) is 5. The maximum atomic E-state index is 14.6. The predicted octanol–water partition coefficient (Wildman–Crippen LogP) is 4.69. The van der Waals surface area contributed by atoms with Gasteiger partial charge in [0.2, 0.25) is 0 Å². The molecule has 0 unspecified atom stereocenters. The van der Waals surface area contributed by atoms with Crippen molar-refractivity contribution >= 4 is 17.6 Å². The number of likely N-dealkylation sites (tertiary alicyclic amines) is 1. The molecule has 0 aliphatic carbocycles. The Hall–Kier alpha value is -3.14. The number of nitrogens with one attached hydrogen (secondary N) is 2. The van der Waals surface area contributed by atoms with Crippen molar-refractivity contribution in [1.82, 2.24) is 10.2 Å². The Morgan fingerprint density at radius 1 is 1.09 bits per heavy atom. The van der Waals surface area contributed by atoms with Crippen molar-refractivity contribution in [1.29, 1.82) is 0 Å². The number of ether oxygens (including phenoxy) is 1. The smallest absolute Gasteiger partial charge is 0.340 e. The first-order chi connectivity index (χ1) is 16.1. The van der Waals surface area contributed by atoms with Crippen LogP contribution in [-0.2, 0) is 4.74 Å². The molecule has 34 heavy (non-hydrogen) atoms. The van der Waals surface area contributed by atoms with Crippen LogP contribution in [0.5, 0.6) is 0 Å². The van der Waals surface area contributed by atoms with Crippen molar-refractivity contribution in [2.24, 2.45) is 0 Å². The summed E-state index contributed by atoms with van der Waals surface area (Å²) in [5.41, 5.74) is -1.19. The molecule has 1 saturated heterocycles. The highest BCUT2D eigenvalue weighted by atomic mass is 19.3. The van der Waals surface area contributed by atoms with Crippen LogP contribution >= 0.6 is 0 Å². The first-order valence-electron chi connectivity index (χ1n) is 10.9. The third kappa shape index (κ3) is 5.67. The number of hydrogen-bond donors (Lipinski definition) is 2. The maximum Gasteiger partial charge on any atom is 0.340 e. The average Bonchev–Trinajstić information content (AvgIpc) is 2.80. The van der Waals surface area contributed by atoms with Gasteiger partial charge in [-0.15, -0.1) is 0 Å². The zero-order chi connectivity index (χ0) is 25.0. The van der Waals surface area contributed by atoms with E-state index < -0.39 is 47.1 Å². The van der Waals surface area contributed by atoms with Gasteiger partial charge in [-0.3, -0.25) is 4.79 Å². The van der Waals surface area contributed by atoms with Gasteiger partial charge in [0, 0.05) is 11.6 Å². The molecule has 184 valence electrons. The molecule has 1 atom stereocenters. The highest BCUT2D eigenvalue weighted by molar-refractivity contribution is 6.02. The predicted molar refractivity (Wildman–Crippen MR) is 119 cm³/mol. The number of alkyl halides is 2. The second-order valence-electron chi connectivity index (χ2n) is 8.34. The molecule has 1 aliphatic rings. The first kappa shape index (κ1) is 25.5. The van der Waals surface area contributed by atoms with Gasteiger partial charge in [0.25, 0.3) is 12.3 Å². The molecule has 0 aromatic heterocycles. The molecule has 1 fully saturated rings. The Bertz CT molecular complexity index is 1060. The van der Waals surface area contributed by atoms with Crippen LogP contribution in [0.2, 0.25) is 0 Å². The normalized spacial score (nSPS) is 15.8. The van der Waals surface area contributed by atoms with E-state index in [2.05, 4.69) is 20.3 Å². The van der Waals surface area contributed by atoms with Crippen molar-refractivity contribution in [3.63, 3.8) is 0 Å². The van der Waals surface area contributed by atoms with Gasteiger partial charge in [-0.1, -0.05) is 18.2 Å². The zero-order valence-electron chi connectivity index (χ0n) is 19.1. The third-order valence-electron chi connectivity index (χ3n) is 5.94. The number of carbonyl (C=O) groups is 2. The monoisotopic (exact) mass is 481 g/mol. The standard InChI is InChI=1S/C24H27F4N3O3/c1-13(15-5-4-6-16(21(15)26)22(27)28)29-23(32)18-11-17(24(33)34-3)19(25)12-20(18)30-14-7-9-31(2)10-8-14/h4-6,11-14,22,30H,7-10H2,1-3H3,(H,29,32)/t13-/m1/s1. The first-order valence-corrected chi connectivity index (χ1v) is 10.9. The summed E-state index contributed by atoms with van der Waals surface area (Å²) in [6.07, 6.45) is -1.48. The summed E-state index contributed by atoms with van der Waals surface area (Å²) in [4.78, 5) is 27.3. The molecular weight excluding hydrogens is 454 g/mol. The fourth-order valence-corrected chi connectivity index (χ4v) is 3.94. The second kappa shape index (κ2) is 10.9. The number of piperidine rings is 1. The minimum atomic E-state index is -3.01. The molecular formula is C24H27F4N3O3. The van der Waals surface area contributed by atoms with Gasteiger partial charge >= 0.3 is 5.97 Å². The van der Waals surface area contributed by atoms with Gasteiger partial charge < -0.3 is 20.3 Å². The van der Waals surface area contributed by atoms with Crippen molar-refractivity contribution in [2.75, 3.05) is 32.6 Å². The molecule has 0 bridgehead atoms. The summed E-state index contributed by atoms with van der Waals surface area (Å²) in [7, 11) is 3.08. The Kier molecular flexibility index (Phi) is 8.14. The van der Waals surface area contributed by atoms with E-state index in [4.69, 9.17) is 0 Å². The minimum absolute atomic E-state index is 0.0243. The molecule has 0 saturated carbocycles. The Morgan fingerprint density at radius 2 is 1.74 bits per heavy atom. The van der Waals surface area contributed by atoms with Crippen molar-refractivity contribution in [3.05, 3.63) is 64.2 Å². The van der Waals surface area contributed by atoms with Crippen LogP contribution in [0.1, 0.15) is 64.1 Å². The molecule has 3 rings (SSSR count). The summed E-state index contributed by atoms with van der Waals surface area (Å²) in [6.45, 7) is 3.08. The lowest BCUT2D eigenvalue weighted by atomic mass is 10.0. The lowest BCUT2D eigenvalue weighted by Crippen LogP contribution is -2.37. The summed E-state index contributed by atoms with van der Waals surface area (Å²) >= 11 is 0. The number of halogens is 4. The zero-order valence-corrected chi connectivity index (χ0v) is 19.1. The molecule has 10 heteroatoms. The van der Waals surface area contributed by atoms with Crippen LogP contribution in [-0.4, -0.2) is 50.1 Å². The molecule has 1 amide bonds. The number of esters is 1. The van der Waals surface area contributed by atoms with Crippen LogP contribution in [0.15, 0.2) is 30.3 Å². The second-order valence-corrected chi connectivity index (χ2v) is 8.34. The lowest BCUT2D eigenvalue weighted by molar-refractivity contribution is 0.0595. The van der Waals surface area contributed by atoms with E-state index in [0.29, 0.717) is 0 Å². The number of nitrogens with zero attached hydrogens (tertiary/aromatic N) is 1. The number of methoxy groups -OCH3 is 1. The van der Waals surface area contributed by atoms with Gasteiger partial charge in [-0.25, -0.2) is 22.4 Å². The number of amides is 1. The van der Waals surface area contributed by atoms with E-state index in [1.807, 2.05) is 7.05 Å². The van der Waals surface area contributed by atoms with E-state index in [-0.39, 0.29) is 22.9 Å². The number of rotatable bonds is 7. The Labute approximate surface area is 195 Å². The number of carbonyl (C=O) groups excluding carboxylic acids is 2. The van der Waals surface area contributed by atoms with Gasteiger partial charge in [0.15, 0.2) is 0 Å². The molecule has 1 aliphatic heterocycles. The van der Waals surface area contributed by atoms with Gasteiger partial charge in [-0.2, -0.15) is 0 Å². The van der Waals surface area contributed by atoms with Crippen LogP contribution in [0.25, 0.3) is 0 Å². The van der Waals surface area contributed by atoms with Crippen molar-refractivity contribution < 1.29 is 31.9 Å². The fraction of sp³-hybridized carbons (Fsp3) is 0.417. The highest BCUT2D eigenvalue weighted by Gasteiger charge is 2.26. The summed E-state index contributed by atoms with van der Waals surface area (Å²) in [5, 5.41) is 5.73. The summed E-state index contributed by atoms with van der Waals surface area (Å²) in [5.74, 6) is -3.65. The summed E-state index contributed by atoms with van der Waals surface area (Å²) < 4.78 is 59.9. The molecule has 2 N–H and O–H groups in total. The fourth-order valence-electron chi connectivity index (χ4n) is 3.94. The van der Waals surface area contributed by atoms with Gasteiger partial charge in [-0.05, 0) is 52.0 Å². The SMILES string of the molecule is COC(=O)c1cc(C(=O)N[C@H](C)c2cccc(C(F)F)c2F)c(NC2CCN(C)CC2)cc1F. The molecule has 6 nitrogen and oxygen atoms in total. The number of anilines is 1. The van der Waals surface area contributed by atoms with E-state index >= 15 is 0 Å². The molecule has 1 heterocycles. The van der Waals surface area contributed by atoms with Gasteiger partial charge in [0.1, 0.15) is 11.6 Å². The van der Waals surface area contributed by atoms with Crippen LogP contribution in [0.4, 0.5) is 23.2 Å². The lowest BCUT2D eigenvalue weighted by Gasteiger charge is -2.30. The van der Waals surface area contributed by atoms with Crippen LogP contribution < -0.4 is 10.6 Å². The van der Waals surface area contributed by atoms with Crippen LogP contribution in [0, 0.1) is 11.6 Å². The van der Waals surface area contributed by atoms with E-state index in [0.717, 1.165) is 51.2 Å². The largest absolute Gasteiger partial charge is 0.465 e. The molecule has 2 aromatic carbocycles. The Morgan fingerprint density at radius 3 is 2.35 bits per heavy atom. The minimum Gasteiger partial charge on any atom is -0.465 e. The van der Waals surface area contributed by atoms with E-state index in [1.54, 1.807) is 0 Å². The third-order valence-corrected chi connectivity index (χ3v) is 5.94. The van der Waals surface area contributed by atoms with E-state index in [1.165, 1.54) is 19.1 Å². The molecule has 0 radical (unpaired) electrons. The maximum absolute atomic E-state index is 14.6.